The third-order valence-corrected chi connectivity index (χ3v) is 4.21. The fourth-order valence-corrected chi connectivity index (χ4v) is 3.01. The number of benzene rings is 2. The number of nitrogens with one attached hydrogen (secondary N) is 1. The van der Waals surface area contributed by atoms with Gasteiger partial charge in [-0.1, -0.05) is 12.1 Å². The largest absolute Gasteiger partial charge is 0.418 e. The number of nitrogens with zero attached hydrogens (tertiary/aromatic N) is 4. The number of imidazole rings is 1. The first-order valence-corrected chi connectivity index (χ1v) is 8.33. The quantitative estimate of drug-likeness (QED) is 0.510. The standard InChI is InChI=1S/C19H15F3N6/c1-11-25-15-4-2-3-5-16(15)28(11)18-10-24-9-17(27-18)26-12-6-7-13(14(23)8-12)19(20,21)22/h2-10H,23H2,1H3,(H,26,27). The SMILES string of the molecule is Cc1nc2ccccc2n1-c1cncc(Nc2ccc(C(F)(F)F)c(N)c2)n1. The maximum Gasteiger partial charge on any atom is 0.418 e. The molecule has 0 bridgehead atoms. The highest BCUT2D eigenvalue weighted by Gasteiger charge is 2.32. The third-order valence-electron chi connectivity index (χ3n) is 4.21. The summed E-state index contributed by atoms with van der Waals surface area (Å²) in [6.45, 7) is 1.86. The fraction of sp³-hybridized carbons (Fsp3) is 0.105. The van der Waals surface area contributed by atoms with Gasteiger partial charge in [0.25, 0.3) is 0 Å². The summed E-state index contributed by atoms with van der Waals surface area (Å²) in [6.07, 6.45) is -1.43. The molecule has 3 N–H and O–H groups in total. The number of alkyl halides is 3. The second kappa shape index (κ2) is 6.52. The van der Waals surface area contributed by atoms with Crippen LogP contribution in [0.3, 0.4) is 0 Å². The van der Waals surface area contributed by atoms with Crippen LogP contribution in [0.5, 0.6) is 0 Å². The molecule has 0 aliphatic heterocycles. The number of hydrogen-bond acceptors (Lipinski definition) is 5. The smallest absolute Gasteiger partial charge is 0.398 e. The summed E-state index contributed by atoms with van der Waals surface area (Å²) in [4.78, 5) is 13.2. The Hall–Kier alpha value is -3.62. The van der Waals surface area contributed by atoms with Crippen LogP contribution < -0.4 is 11.1 Å². The molecule has 2 aromatic carbocycles. The molecule has 0 unspecified atom stereocenters. The Kier molecular flexibility index (Phi) is 4.14. The van der Waals surface area contributed by atoms with Gasteiger partial charge < -0.3 is 11.1 Å². The van der Waals surface area contributed by atoms with Crippen LogP contribution in [0.25, 0.3) is 16.9 Å². The number of fused-ring (bicyclic) bond motifs is 1. The van der Waals surface area contributed by atoms with E-state index in [4.69, 9.17) is 5.73 Å². The second-order valence-electron chi connectivity index (χ2n) is 6.17. The Morgan fingerprint density at radius 2 is 1.82 bits per heavy atom. The average Bonchev–Trinajstić information content (AvgIpc) is 2.96. The first kappa shape index (κ1) is 17.8. The van der Waals surface area contributed by atoms with Crippen molar-refractivity contribution in [2.24, 2.45) is 0 Å². The minimum Gasteiger partial charge on any atom is -0.398 e. The first-order chi connectivity index (χ1) is 13.3. The van der Waals surface area contributed by atoms with E-state index in [-0.39, 0.29) is 5.69 Å². The lowest BCUT2D eigenvalue weighted by atomic mass is 10.1. The van der Waals surface area contributed by atoms with Gasteiger partial charge in [0.15, 0.2) is 11.6 Å². The lowest BCUT2D eigenvalue weighted by Gasteiger charge is -2.13. The molecule has 142 valence electrons. The minimum atomic E-state index is -4.50. The van der Waals surface area contributed by atoms with Crippen LogP contribution in [-0.4, -0.2) is 19.5 Å². The zero-order valence-corrected chi connectivity index (χ0v) is 14.7. The van der Waals surface area contributed by atoms with Crippen LogP contribution in [0.15, 0.2) is 54.9 Å². The first-order valence-electron chi connectivity index (χ1n) is 8.33. The van der Waals surface area contributed by atoms with Crippen LogP contribution in [0.4, 0.5) is 30.4 Å². The van der Waals surface area contributed by atoms with E-state index in [1.54, 1.807) is 6.20 Å². The van der Waals surface area contributed by atoms with Crippen molar-refractivity contribution in [3.63, 3.8) is 0 Å². The van der Waals surface area contributed by atoms with Gasteiger partial charge in [-0.25, -0.2) is 9.97 Å². The van der Waals surface area contributed by atoms with E-state index in [2.05, 4.69) is 20.3 Å². The molecule has 0 saturated carbocycles. The molecular formula is C19H15F3N6. The minimum absolute atomic E-state index is 0.363. The molecule has 0 amide bonds. The molecule has 2 aromatic heterocycles. The molecule has 0 spiro atoms. The Labute approximate surface area is 157 Å². The van der Waals surface area contributed by atoms with Gasteiger partial charge in [-0.15, -0.1) is 0 Å². The molecule has 4 aromatic rings. The molecule has 0 aliphatic carbocycles. The number of hydrogen-bond donors (Lipinski definition) is 2. The molecule has 28 heavy (non-hydrogen) atoms. The molecular weight excluding hydrogens is 369 g/mol. The van der Waals surface area contributed by atoms with E-state index < -0.39 is 11.7 Å². The van der Waals surface area contributed by atoms with E-state index in [0.29, 0.717) is 17.3 Å². The van der Waals surface area contributed by atoms with Gasteiger partial charge >= 0.3 is 6.18 Å². The highest BCUT2D eigenvalue weighted by molar-refractivity contribution is 5.77. The van der Waals surface area contributed by atoms with E-state index in [9.17, 15) is 13.2 Å². The average molecular weight is 384 g/mol. The molecule has 0 fully saturated rings. The molecule has 9 heteroatoms. The lowest BCUT2D eigenvalue weighted by molar-refractivity contribution is -0.136. The maximum absolute atomic E-state index is 12.9. The number of nitrogen functional groups attached to an aromatic ring is 1. The monoisotopic (exact) mass is 384 g/mol. The van der Waals surface area contributed by atoms with E-state index in [0.717, 1.165) is 22.9 Å². The number of nitrogens with two attached hydrogens (primary N) is 1. The molecule has 6 nitrogen and oxygen atoms in total. The zero-order valence-electron chi connectivity index (χ0n) is 14.7. The number of rotatable bonds is 3. The number of para-hydroxylation sites is 2. The topological polar surface area (TPSA) is 81.7 Å². The second-order valence-corrected chi connectivity index (χ2v) is 6.17. The highest BCUT2D eigenvalue weighted by Crippen LogP contribution is 2.35. The number of aromatic nitrogens is 4. The van der Waals surface area contributed by atoms with Gasteiger partial charge in [0, 0.05) is 11.4 Å². The summed E-state index contributed by atoms with van der Waals surface area (Å²) in [7, 11) is 0. The highest BCUT2D eigenvalue weighted by atomic mass is 19.4. The van der Waals surface area contributed by atoms with E-state index in [1.807, 2.05) is 35.8 Å². The van der Waals surface area contributed by atoms with Crippen LogP contribution in [0, 0.1) is 6.92 Å². The van der Waals surface area contributed by atoms with Gasteiger partial charge in [0.1, 0.15) is 5.82 Å². The van der Waals surface area contributed by atoms with Gasteiger partial charge in [0.05, 0.1) is 29.0 Å². The van der Waals surface area contributed by atoms with Gasteiger partial charge in [-0.3, -0.25) is 9.55 Å². The summed E-state index contributed by atoms with van der Waals surface area (Å²) in [6, 6.07) is 11.1. The Balaban J connectivity index is 1.68. The van der Waals surface area contributed by atoms with Crippen molar-refractivity contribution < 1.29 is 13.2 Å². The summed E-state index contributed by atoms with van der Waals surface area (Å²) in [5.74, 6) is 1.65. The van der Waals surface area contributed by atoms with Crippen molar-refractivity contribution in [2.45, 2.75) is 13.1 Å². The summed E-state index contributed by atoms with van der Waals surface area (Å²) < 4.78 is 40.4. The van der Waals surface area contributed by atoms with Crippen LogP contribution in [-0.2, 0) is 6.18 Å². The summed E-state index contributed by atoms with van der Waals surface area (Å²) in [5.41, 5.74) is 6.39. The predicted octanol–water partition coefficient (Wildman–Crippen LogP) is 4.47. The van der Waals surface area contributed by atoms with Crippen LogP contribution >= 0.6 is 0 Å². The predicted molar refractivity (Wildman–Crippen MR) is 101 cm³/mol. The van der Waals surface area contributed by atoms with Crippen LogP contribution in [0.1, 0.15) is 11.4 Å². The molecule has 0 atom stereocenters. The van der Waals surface area contributed by atoms with E-state index in [1.165, 1.54) is 18.3 Å². The van der Waals surface area contributed by atoms with Gasteiger partial charge in [0.2, 0.25) is 0 Å². The third kappa shape index (κ3) is 3.22. The van der Waals surface area contributed by atoms with Gasteiger partial charge in [-0.2, -0.15) is 13.2 Å². The number of halogens is 3. The number of anilines is 3. The molecule has 4 rings (SSSR count). The van der Waals surface area contributed by atoms with Crippen molar-refractivity contribution in [2.75, 3.05) is 11.1 Å². The summed E-state index contributed by atoms with van der Waals surface area (Å²) >= 11 is 0. The van der Waals surface area contributed by atoms with Gasteiger partial charge in [-0.05, 0) is 37.3 Å². The molecule has 0 radical (unpaired) electrons. The van der Waals surface area contributed by atoms with Crippen molar-refractivity contribution >= 4 is 28.2 Å². The van der Waals surface area contributed by atoms with E-state index >= 15 is 0 Å². The van der Waals surface area contributed by atoms with Crippen molar-refractivity contribution in [3.05, 3.63) is 66.2 Å². The van der Waals surface area contributed by atoms with Crippen molar-refractivity contribution in [1.29, 1.82) is 0 Å². The Morgan fingerprint density at radius 3 is 2.57 bits per heavy atom. The zero-order chi connectivity index (χ0) is 19.9. The maximum atomic E-state index is 12.9. The fourth-order valence-electron chi connectivity index (χ4n) is 3.01. The van der Waals surface area contributed by atoms with Crippen molar-refractivity contribution in [1.82, 2.24) is 19.5 Å². The lowest BCUT2D eigenvalue weighted by Crippen LogP contribution is -2.09. The Bertz CT molecular complexity index is 1170. The number of aryl methyl sites for hydroxylation is 1. The normalized spacial score (nSPS) is 11.7. The Morgan fingerprint density at radius 1 is 1.04 bits per heavy atom. The summed E-state index contributed by atoms with van der Waals surface area (Å²) in [5, 5.41) is 2.94. The van der Waals surface area contributed by atoms with Crippen LogP contribution in [0.2, 0.25) is 0 Å². The molecule has 2 heterocycles. The van der Waals surface area contributed by atoms with Crippen molar-refractivity contribution in [3.8, 4) is 5.82 Å². The molecule has 0 saturated heterocycles. The molecule has 0 aliphatic rings.